The molecule has 0 heterocycles. The van der Waals surface area contributed by atoms with Crippen molar-refractivity contribution in [3.05, 3.63) is 50.6 Å². The Kier molecular flexibility index (Phi) is 34.2. The minimum Gasteiger partial charge on any atom is -0.0991 e. The molecule has 0 atom stereocenters. The molecule has 0 nitrogen and oxygen atoms in total. The molecule has 0 fully saturated rings. The number of hydrogen-bond donors (Lipinski definition) is 0. The quantitative estimate of drug-likeness (QED) is 0.470. The Balaban J connectivity index is -0.000000101. The number of alkyl halides is 3. The summed E-state index contributed by atoms with van der Waals surface area (Å²) in [5.74, 6) is 0. The maximum Gasteiger partial charge on any atom is 0.124 e. The van der Waals surface area contributed by atoms with Crippen molar-refractivity contribution in [2.75, 3.05) is 0 Å². The van der Waals surface area contributed by atoms with Gasteiger partial charge in [-0.3, -0.25) is 0 Å². The van der Waals surface area contributed by atoms with Crippen LogP contribution in [0.2, 0.25) is 0 Å². The minimum atomic E-state index is 0.271. The van der Waals surface area contributed by atoms with E-state index in [9.17, 15) is 0 Å². The second kappa shape index (κ2) is 22.5. The van der Waals surface area contributed by atoms with Crippen LogP contribution in [0.15, 0.2) is 50.6 Å². The summed E-state index contributed by atoms with van der Waals surface area (Å²) in [4.78, 5) is 0. The van der Waals surface area contributed by atoms with Crippen LogP contribution in [-0.4, -0.2) is 2.65 Å². The summed E-state index contributed by atoms with van der Waals surface area (Å²) >= 11 is 9.31. The largest absolute Gasteiger partial charge is 0.124 e. The Morgan fingerprint density at radius 1 is 0.667 bits per heavy atom. The van der Waals surface area contributed by atoms with Gasteiger partial charge in [-0.2, -0.15) is 0 Å². The van der Waals surface area contributed by atoms with Crippen LogP contribution in [0.1, 0.15) is 0 Å². The van der Waals surface area contributed by atoms with Crippen molar-refractivity contribution < 1.29 is 0 Å². The van der Waals surface area contributed by atoms with Crippen molar-refractivity contribution in [3.63, 3.8) is 0 Å². The summed E-state index contributed by atoms with van der Waals surface area (Å²) < 4.78 is 0.271. The van der Waals surface area contributed by atoms with Crippen LogP contribution in [-0.2, 0) is 0 Å². The molecule has 0 bridgehead atoms. The lowest BCUT2D eigenvalue weighted by Crippen LogP contribution is -1.49. The van der Waals surface area contributed by atoms with Gasteiger partial charge in [-0.25, -0.2) is 0 Å². The molecular formula is C9H13Br3. The summed E-state index contributed by atoms with van der Waals surface area (Å²) in [6.07, 6.45) is 6.56. The summed E-state index contributed by atoms with van der Waals surface area (Å²) in [6, 6.07) is 0. The number of rotatable bonds is 2. The molecule has 0 N–H and O–H groups in total. The fraction of sp³-hybridized carbons (Fsp3) is 0.111. The van der Waals surface area contributed by atoms with Gasteiger partial charge in [-0.15, -0.1) is 0 Å². The van der Waals surface area contributed by atoms with E-state index in [1.165, 1.54) is 0 Å². The van der Waals surface area contributed by atoms with Crippen molar-refractivity contribution in [2.45, 2.75) is 2.65 Å². The third-order valence-electron chi connectivity index (χ3n) is 0.333. The van der Waals surface area contributed by atoms with Crippen LogP contribution in [0, 0.1) is 0 Å². The second-order valence-corrected chi connectivity index (χ2v) is 7.62. The van der Waals surface area contributed by atoms with Crippen LogP contribution in [0.5, 0.6) is 0 Å². The summed E-state index contributed by atoms with van der Waals surface area (Å²) in [5, 5.41) is 0. The molecule has 0 aromatic heterocycles. The van der Waals surface area contributed by atoms with Crippen LogP contribution in [0.3, 0.4) is 0 Å². The number of halogens is 3. The third-order valence-corrected chi connectivity index (χ3v) is 0.333. The summed E-state index contributed by atoms with van der Waals surface area (Å²) in [6.45, 7) is 13.4. The average molecular weight is 361 g/mol. The van der Waals surface area contributed by atoms with Crippen LogP contribution in [0.25, 0.3) is 0 Å². The van der Waals surface area contributed by atoms with Gasteiger partial charge in [0.25, 0.3) is 0 Å². The molecule has 0 aliphatic heterocycles. The van der Waals surface area contributed by atoms with Crippen LogP contribution in [0.4, 0.5) is 0 Å². The fourth-order valence-electron chi connectivity index (χ4n) is 0. The highest BCUT2D eigenvalue weighted by molar-refractivity contribution is 9.38. The molecule has 0 aliphatic rings. The van der Waals surface area contributed by atoms with Crippen molar-refractivity contribution in [1.29, 1.82) is 0 Å². The predicted molar refractivity (Wildman–Crippen MR) is 71.4 cm³/mol. The van der Waals surface area contributed by atoms with E-state index in [1.54, 1.807) is 24.3 Å². The van der Waals surface area contributed by atoms with Gasteiger partial charge < -0.3 is 0 Å². The standard InChI is InChI=1S/2C4H6.CHBr3/c2*1-3-4-2;2-1(3)4/h2*3-4H,1-2H2;1H. The van der Waals surface area contributed by atoms with Gasteiger partial charge in [0.1, 0.15) is 2.65 Å². The molecule has 0 aromatic carbocycles. The molecular weight excluding hydrogens is 348 g/mol. The third kappa shape index (κ3) is 160. The fourth-order valence-corrected chi connectivity index (χ4v) is 0. The Hall–Kier alpha value is 0.400. The second-order valence-electron chi connectivity index (χ2n) is 1.19. The molecule has 0 aliphatic carbocycles. The van der Waals surface area contributed by atoms with Crippen molar-refractivity contribution in [1.82, 2.24) is 0 Å². The molecule has 0 rings (SSSR count). The molecule has 0 amide bonds. The van der Waals surface area contributed by atoms with Gasteiger partial charge >= 0.3 is 0 Å². The Labute approximate surface area is 101 Å². The van der Waals surface area contributed by atoms with E-state index in [4.69, 9.17) is 0 Å². The Bertz CT molecular complexity index is 90.2. The van der Waals surface area contributed by atoms with E-state index in [2.05, 4.69) is 74.1 Å². The van der Waals surface area contributed by atoms with E-state index in [-0.39, 0.29) is 2.65 Å². The first-order chi connectivity index (χ1) is 5.56. The topological polar surface area (TPSA) is 0 Å². The first-order valence-electron chi connectivity index (χ1n) is 2.95. The lowest BCUT2D eigenvalue weighted by Gasteiger charge is -1.70. The van der Waals surface area contributed by atoms with Gasteiger partial charge in [0, 0.05) is 0 Å². The van der Waals surface area contributed by atoms with Gasteiger partial charge in [-0.1, -0.05) is 98.4 Å². The predicted octanol–water partition coefficient (Wildman–Crippen LogP) is 5.17. The zero-order chi connectivity index (χ0) is 10.4. The zero-order valence-electron chi connectivity index (χ0n) is 6.85. The first kappa shape index (κ1) is 18.2. The van der Waals surface area contributed by atoms with E-state index >= 15 is 0 Å². The van der Waals surface area contributed by atoms with Crippen LogP contribution < -0.4 is 0 Å². The van der Waals surface area contributed by atoms with Crippen LogP contribution >= 0.6 is 47.8 Å². The molecule has 0 saturated heterocycles. The average Bonchev–Trinajstić information content (AvgIpc) is 2.03. The molecule has 0 unspecified atom stereocenters. The monoisotopic (exact) mass is 358 g/mol. The highest BCUT2D eigenvalue weighted by atomic mass is 80.0. The summed E-state index contributed by atoms with van der Waals surface area (Å²) in [5.41, 5.74) is 0. The van der Waals surface area contributed by atoms with Gasteiger partial charge in [0.05, 0.1) is 0 Å². The van der Waals surface area contributed by atoms with E-state index in [1.807, 2.05) is 0 Å². The van der Waals surface area contributed by atoms with Gasteiger partial charge in [-0.05, 0) is 0 Å². The SMILES string of the molecule is BrC(Br)Br.C=CC=C.C=CC=C. The lowest BCUT2D eigenvalue weighted by atomic mass is 10.6. The highest BCUT2D eigenvalue weighted by Crippen LogP contribution is 2.13. The molecule has 0 spiro atoms. The highest BCUT2D eigenvalue weighted by Gasteiger charge is 1.77. The Morgan fingerprint density at radius 3 is 0.750 bits per heavy atom. The van der Waals surface area contributed by atoms with Crippen molar-refractivity contribution in [3.8, 4) is 0 Å². The lowest BCUT2D eigenvalue weighted by molar-refractivity contribution is 2.15. The van der Waals surface area contributed by atoms with Crippen molar-refractivity contribution in [2.24, 2.45) is 0 Å². The molecule has 3 heteroatoms. The molecule has 70 valence electrons. The minimum absolute atomic E-state index is 0.271. The molecule has 0 aromatic rings. The smallest absolute Gasteiger partial charge is 0.0991 e. The van der Waals surface area contributed by atoms with Gasteiger partial charge in [0.2, 0.25) is 0 Å². The zero-order valence-corrected chi connectivity index (χ0v) is 11.6. The van der Waals surface area contributed by atoms with E-state index < -0.39 is 0 Å². The Morgan fingerprint density at radius 2 is 0.750 bits per heavy atom. The maximum absolute atomic E-state index is 3.36. The normalized spacial score (nSPS) is 6.33. The van der Waals surface area contributed by atoms with E-state index in [0.29, 0.717) is 0 Å². The number of hydrogen-bond acceptors (Lipinski definition) is 0. The van der Waals surface area contributed by atoms with Gasteiger partial charge in [0.15, 0.2) is 0 Å². The molecule has 0 radical (unpaired) electrons. The first-order valence-corrected chi connectivity index (χ1v) is 5.70. The number of allylic oxidation sites excluding steroid dienone is 4. The molecule has 12 heavy (non-hydrogen) atoms. The van der Waals surface area contributed by atoms with E-state index in [0.717, 1.165) is 0 Å². The molecule has 0 saturated carbocycles. The van der Waals surface area contributed by atoms with Crippen molar-refractivity contribution >= 4 is 47.8 Å². The summed E-state index contributed by atoms with van der Waals surface area (Å²) in [7, 11) is 0. The maximum atomic E-state index is 3.36.